The largest absolute Gasteiger partial charge is 0.466 e. The predicted molar refractivity (Wildman–Crippen MR) is 69.2 cm³/mol. The lowest BCUT2D eigenvalue weighted by molar-refractivity contribution is 0.499. The minimum atomic E-state index is 0.195. The lowest BCUT2D eigenvalue weighted by Gasteiger charge is -2.15. The van der Waals surface area contributed by atoms with E-state index in [-0.39, 0.29) is 6.04 Å². The lowest BCUT2D eigenvalue weighted by Crippen LogP contribution is -2.09. The number of nitrogens with zero attached hydrogens (tertiary/aromatic N) is 1. The molecule has 0 aromatic carbocycles. The van der Waals surface area contributed by atoms with Crippen molar-refractivity contribution in [1.82, 2.24) is 4.98 Å². The summed E-state index contributed by atoms with van der Waals surface area (Å²) in [6, 6.07) is 6.26. The zero-order chi connectivity index (χ0) is 12.4. The SMILES string of the molecule is Cc1cc(C(C)Nc2ncccc2C)c(C)o1. The van der Waals surface area contributed by atoms with E-state index in [0.29, 0.717) is 0 Å². The number of aromatic nitrogens is 1. The maximum atomic E-state index is 5.54. The van der Waals surface area contributed by atoms with Crippen LogP contribution in [0.15, 0.2) is 28.8 Å². The molecule has 2 rings (SSSR count). The molecule has 1 unspecified atom stereocenters. The molecular formula is C14H18N2O. The van der Waals surface area contributed by atoms with Gasteiger partial charge in [-0.05, 0) is 45.4 Å². The summed E-state index contributed by atoms with van der Waals surface area (Å²) in [5, 5.41) is 3.41. The van der Waals surface area contributed by atoms with E-state index in [1.807, 2.05) is 19.9 Å². The van der Waals surface area contributed by atoms with Crippen LogP contribution >= 0.6 is 0 Å². The van der Waals surface area contributed by atoms with Gasteiger partial charge in [-0.1, -0.05) is 6.07 Å². The molecule has 0 aliphatic heterocycles. The van der Waals surface area contributed by atoms with E-state index in [0.717, 1.165) is 22.9 Å². The molecule has 0 aliphatic carbocycles. The van der Waals surface area contributed by atoms with Gasteiger partial charge in [0.15, 0.2) is 0 Å². The molecule has 0 saturated heterocycles. The number of nitrogens with one attached hydrogen (secondary N) is 1. The summed E-state index contributed by atoms with van der Waals surface area (Å²) in [7, 11) is 0. The van der Waals surface area contributed by atoms with Crippen molar-refractivity contribution in [2.45, 2.75) is 33.7 Å². The summed E-state index contributed by atoms with van der Waals surface area (Å²) in [6.45, 7) is 8.13. The normalized spacial score (nSPS) is 12.5. The molecule has 0 fully saturated rings. The van der Waals surface area contributed by atoms with Crippen molar-refractivity contribution in [2.24, 2.45) is 0 Å². The van der Waals surface area contributed by atoms with Gasteiger partial charge in [0.1, 0.15) is 17.3 Å². The van der Waals surface area contributed by atoms with Gasteiger partial charge >= 0.3 is 0 Å². The summed E-state index contributed by atoms with van der Waals surface area (Å²) in [5.41, 5.74) is 2.34. The Labute approximate surface area is 102 Å². The third kappa shape index (κ3) is 2.49. The van der Waals surface area contributed by atoms with Gasteiger partial charge in [-0.2, -0.15) is 0 Å². The zero-order valence-corrected chi connectivity index (χ0v) is 10.7. The number of hydrogen-bond acceptors (Lipinski definition) is 3. The third-order valence-corrected chi connectivity index (χ3v) is 2.91. The highest BCUT2D eigenvalue weighted by molar-refractivity contribution is 5.45. The van der Waals surface area contributed by atoms with E-state index >= 15 is 0 Å². The molecule has 0 aliphatic rings. The standard InChI is InChI=1S/C14H18N2O/c1-9-6-5-7-15-14(9)16-11(3)13-8-10(2)17-12(13)4/h5-8,11H,1-4H3,(H,15,16). The molecule has 2 aromatic rings. The first-order valence-electron chi connectivity index (χ1n) is 5.83. The molecule has 1 atom stereocenters. The van der Waals surface area contributed by atoms with Crippen LogP contribution in [0.4, 0.5) is 5.82 Å². The quantitative estimate of drug-likeness (QED) is 0.872. The second-order valence-corrected chi connectivity index (χ2v) is 4.40. The topological polar surface area (TPSA) is 38.1 Å². The van der Waals surface area contributed by atoms with Crippen LogP contribution in [0.3, 0.4) is 0 Å². The fourth-order valence-electron chi connectivity index (χ4n) is 2.00. The molecule has 1 N–H and O–H groups in total. The molecule has 3 nitrogen and oxygen atoms in total. The van der Waals surface area contributed by atoms with Crippen molar-refractivity contribution in [1.29, 1.82) is 0 Å². The van der Waals surface area contributed by atoms with Gasteiger partial charge in [0.2, 0.25) is 0 Å². The third-order valence-electron chi connectivity index (χ3n) is 2.91. The fraction of sp³-hybridized carbons (Fsp3) is 0.357. The van der Waals surface area contributed by atoms with Crippen molar-refractivity contribution in [3.8, 4) is 0 Å². The average Bonchev–Trinajstić information content (AvgIpc) is 2.61. The van der Waals surface area contributed by atoms with E-state index in [2.05, 4.69) is 36.3 Å². The van der Waals surface area contributed by atoms with Crippen LogP contribution in [0.5, 0.6) is 0 Å². The fourth-order valence-corrected chi connectivity index (χ4v) is 2.00. The van der Waals surface area contributed by atoms with E-state index in [9.17, 15) is 0 Å². The number of rotatable bonds is 3. The monoisotopic (exact) mass is 230 g/mol. The van der Waals surface area contributed by atoms with Crippen LogP contribution < -0.4 is 5.32 Å². The number of furan rings is 1. The molecule has 0 spiro atoms. The van der Waals surface area contributed by atoms with Gasteiger partial charge in [-0.3, -0.25) is 0 Å². The smallest absolute Gasteiger partial charge is 0.129 e. The Hall–Kier alpha value is -1.77. The van der Waals surface area contributed by atoms with Gasteiger partial charge in [0, 0.05) is 11.8 Å². The van der Waals surface area contributed by atoms with E-state index < -0.39 is 0 Å². The predicted octanol–water partition coefficient (Wildman–Crippen LogP) is 3.77. The maximum absolute atomic E-state index is 5.54. The number of anilines is 1. The van der Waals surface area contributed by atoms with Crippen LogP contribution in [0.2, 0.25) is 0 Å². The molecular weight excluding hydrogens is 212 g/mol. The first-order valence-corrected chi connectivity index (χ1v) is 5.83. The molecule has 2 aromatic heterocycles. The van der Waals surface area contributed by atoms with Gasteiger partial charge in [-0.25, -0.2) is 4.98 Å². The van der Waals surface area contributed by atoms with Crippen LogP contribution in [-0.2, 0) is 0 Å². The molecule has 3 heteroatoms. The summed E-state index contributed by atoms with van der Waals surface area (Å²) in [5.74, 6) is 2.85. The lowest BCUT2D eigenvalue weighted by atomic mass is 10.1. The molecule has 0 amide bonds. The van der Waals surface area contributed by atoms with Crippen molar-refractivity contribution < 1.29 is 4.42 Å². The average molecular weight is 230 g/mol. The molecule has 0 bridgehead atoms. The summed E-state index contributed by atoms with van der Waals surface area (Å²) < 4.78 is 5.54. The Morgan fingerprint density at radius 3 is 2.65 bits per heavy atom. The molecule has 17 heavy (non-hydrogen) atoms. The van der Waals surface area contributed by atoms with E-state index in [1.54, 1.807) is 6.20 Å². The molecule has 0 radical (unpaired) electrons. The first-order chi connectivity index (χ1) is 8.08. The maximum Gasteiger partial charge on any atom is 0.129 e. The van der Waals surface area contributed by atoms with Gasteiger partial charge in [0.05, 0.1) is 6.04 Å². The number of hydrogen-bond donors (Lipinski definition) is 1. The van der Waals surface area contributed by atoms with Gasteiger partial charge < -0.3 is 9.73 Å². The Balaban J connectivity index is 2.20. The summed E-state index contributed by atoms with van der Waals surface area (Å²) in [4.78, 5) is 4.34. The second-order valence-electron chi connectivity index (χ2n) is 4.40. The highest BCUT2D eigenvalue weighted by Gasteiger charge is 2.13. The van der Waals surface area contributed by atoms with Crippen LogP contribution in [-0.4, -0.2) is 4.98 Å². The summed E-state index contributed by atoms with van der Waals surface area (Å²) in [6.07, 6.45) is 1.80. The molecule has 90 valence electrons. The zero-order valence-electron chi connectivity index (χ0n) is 10.7. The van der Waals surface area contributed by atoms with Crippen molar-refractivity contribution in [3.05, 3.63) is 47.0 Å². The van der Waals surface area contributed by atoms with Crippen molar-refractivity contribution in [3.63, 3.8) is 0 Å². The Bertz CT molecular complexity index is 517. The number of pyridine rings is 1. The van der Waals surface area contributed by atoms with Gasteiger partial charge in [0.25, 0.3) is 0 Å². The Kier molecular flexibility index (Phi) is 3.18. The Morgan fingerprint density at radius 2 is 2.06 bits per heavy atom. The van der Waals surface area contributed by atoms with Crippen LogP contribution in [0.1, 0.15) is 35.6 Å². The highest BCUT2D eigenvalue weighted by atomic mass is 16.3. The van der Waals surface area contributed by atoms with Crippen LogP contribution in [0.25, 0.3) is 0 Å². The Morgan fingerprint density at radius 1 is 1.29 bits per heavy atom. The minimum Gasteiger partial charge on any atom is -0.466 e. The first kappa shape index (κ1) is 11.7. The van der Waals surface area contributed by atoms with E-state index in [4.69, 9.17) is 4.42 Å². The van der Waals surface area contributed by atoms with Crippen LogP contribution in [0, 0.1) is 20.8 Å². The molecule has 0 saturated carbocycles. The van der Waals surface area contributed by atoms with Gasteiger partial charge in [-0.15, -0.1) is 0 Å². The second kappa shape index (κ2) is 4.62. The molecule has 2 heterocycles. The highest BCUT2D eigenvalue weighted by Crippen LogP contribution is 2.25. The summed E-state index contributed by atoms with van der Waals surface area (Å²) >= 11 is 0. The van der Waals surface area contributed by atoms with Crippen molar-refractivity contribution in [2.75, 3.05) is 5.32 Å². The van der Waals surface area contributed by atoms with Crippen molar-refractivity contribution >= 4 is 5.82 Å². The van der Waals surface area contributed by atoms with E-state index in [1.165, 1.54) is 5.56 Å². The number of aryl methyl sites for hydroxylation is 3. The minimum absolute atomic E-state index is 0.195.